The van der Waals surface area contributed by atoms with Gasteiger partial charge in [-0.3, -0.25) is 4.79 Å². The Morgan fingerprint density at radius 3 is 2.57 bits per heavy atom. The molecule has 0 radical (unpaired) electrons. The summed E-state index contributed by atoms with van der Waals surface area (Å²) in [6, 6.07) is 11.4. The average Bonchev–Trinajstić information content (AvgIpc) is 2.44. The SMILES string of the molecule is CC(Cc1ccc(F)cc1)NC(=O)c1ccc(I)c(Cl)c1. The summed E-state index contributed by atoms with van der Waals surface area (Å²) < 4.78 is 13.8. The van der Waals surface area contributed by atoms with Crippen molar-refractivity contribution in [3.8, 4) is 0 Å². The van der Waals surface area contributed by atoms with Gasteiger partial charge in [-0.25, -0.2) is 4.39 Å². The number of carbonyl (C=O) groups excluding carboxylic acids is 1. The lowest BCUT2D eigenvalue weighted by molar-refractivity contribution is 0.0940. The third-order valence-corrected chi connectivity index (χ3v) is 4.59. The maximum absolute atomic E-state index is 12.8. The molecule has 0 saturated heterocycles. The minimum Gasteiger partial charge on any atom is -0.349 e. The summed E-state index contributed by atoms with van der Waals surface area (Å²) in [5.41, 5.74) is 1.51. The lowest BCUT2D eigenvalue weighted by Crippen LogP contribution is -2.34. The molecule has 110 valence electrons. The summed E-state index contributed by atoms with van der Waals surface area (Å²) in [6.07, 6.45) is 0.643. The fraction of sp³-hybridized carbons (Fsp3) is 0.188. The third-order valence-electron chi connectivity index (χ3n) is 3.01. The lowest BCUT2D eigenvalue weighted by atomic mass is 10.1. The minimum atomic E-state index is -0.260. The van der Waals surface area contributed by atoms with E-state index in [9.17, 15) is 9.18 Å². The zero-order valence-corrected chi connectivity index (χ0v) is 14.3. The number of carbonyl (C=O) groups is 1. The van der Waals surface area contributed by atoms with Crippen LogP contribution < -0.4 is 5.32 Å². The van der Waals surface area contributed by atoms with Crippen LogP contribution in [0.5, 0.6) is 0 Å². The van der Waals surface area contributed by atoms with E-state index in [0.29, 0.717) is 17.0 Å². The summed E-state index contributed by atoms with van der Waals surface area (Å²) in [5, 5.41) is 3.48. The van der Waals surface area contributed by atoms with Gasteiger partial charge >= 0.3 is 0 Å². The van der Waals surface area contributed by atoms with Crippen LogP contribution in [-0.4, -0.2) is 11.9 Å². The van der Waals surface area contributed by atoms with Gasteiger partial charge in [-0.05, 0) is 71.8 Å². The van der Waals surface area contributed by atoms with Crippen LogP contribution in [0.2, 0.25) is 5.02 Å². The first-order valence-corrected chi connectivity index (χ1v) is 7.92. The van der Waals surface area contributed by atoms with Gasteiger partial charge in [0.1, 0.15) is 5.82 Å². The second-order valence-corrected chi connectivity index (χ2v) is 6.40. The molecule has 0 fully saturated rings. The number of hydrogen-bond acceptors (Lipinski definition) is 1. The average molecular weight is 418 g/mol. The van der Waals surface area contributed by atoms with Crippen LogP contribution in [0.4, 0.5) is 4.39 Å². The van der Waals surface area contributed by atoms with E-state index in [-0.39, 0.29) is 17.8 Å². The molecule has 0 aliphatic rings. The first-order valence-electron chi connectivity index (χ1n) is 6.46. The molecule has 0 spiro atoms. The molecule has 5 heteroatoms. The highest BCUT2D eigenvalue weighted by Gasteiger charge is 2.11. The van der Waals surface area contributed by atoms with Gasteiger partial charge < -0.3 is 5.32 Å². The standard InChI is InChI=1S/C16H14ClFINO/c1-10(8-11-2-5-13(18)6-3-11)20-16(21)12-4-7-15(19)14(17)9-12/h2-7,9-10H,8H2,1H3,(H,20,21). The van der Waals surface area contributed by atoms with Gasteiger partial charge in [-0.15, -0.1) is 0 Å². The zero-order valence-electron chi connectivity index (χ0n) is 11.4. The quantitative estimate of drug-likeness (QED) is 0.732. The van der Waals surface area contributed by atoms with E-state index < -0.39 is 0 Å². The Labute approximate surface area is 141 Å². The molecule has 1 N–H and O–H groups in total. The van der Waals surface area contributed by atoms with Gasteiger partial charge in [-0.1, -0.05) is 23.7 Å². The molecule has 0 saturated carbocycles. The van der Waals surface area contributed by atoms with E-state index in [2.05, 4.69) is 27.9 Å². The Kier molecular flexibility index (Phi) is 5.58. The van der Waals surface area contributed by atoms with Crippen molar-refractivity contribution in [1.29, 1.82) is 0 Å². The molecular weight excluding hydrogens is 404 g/mol. The maximum Gasteiger partial charge on any atom is 0.251 e. The predicted octanol–water partition coefficient (Wildman–Crippen LogP) is 4.44. The van der Waals surface area contributed by atoms with Gasteiger partial charge in [0, 0.05) is 15.2 Å². The highest BCUT2D eigenvalue weighted by Crippen LogP contribution is 2.19. The van der Waals surface area contributed by atoms with Crippen molar-refractivity contribution in [2.45, 2.75) is 19.4 Å². The summed E-state index contributed by atoms with van der Waals surface area (Å²) in [5.74, 6) is -0.424. The van der Waals surface area contributed by atoms with Crippen molar-refractivity contribution < 1.29 is 9.18 Å². The van der Waals surface area contributed by atoms with E-state index in [1.807, 2.05) is 13.0 Å². The molecule has 2 aromatic carbocycles. The van der Waals surface area contributed by atoms with E-state index in [0.717, 1.165) is 9.13 Å². The molecule has 0 aliphatic carbocycles. The van der Waals surface area contributed by atoms with Gasteiger partial charge in [0.25, 0.3) is 5.91 Å². The number of benzene rings is 2. The first kappa shape index (κ1) is 16.2. The molecule has 0 heterocycles. The van der Waals surface area contributed by atoms with Crippen LogP contribution in [-0.2, 0) is 6.42 Å². The number of nitrogens with one attached hydrogen (secondary N) is 1. The zero-order chi connectivity index (χ0) is 15.4. The summed E-state index contributed by atoms with van der Waals surface area (Å²) in [4.78, 5) is 12.1. The number of rotatable bonds is 4. The lowest BCUT2D eigenvalue weighted by Gasteiger charge is -2.14. The van der Waals surface area contributed by atoms with Crippen molar-refractivity contribution in [2.24, 2.45) is 0 Å². The van der Waals surface area contributed by atoms with E-state index in [1.165, 1.54) is 12.1 Å². The molecule has 21 heavy (non-hydrogen) atoms. The van der Waals surface area contributed by atoms with Crippen LogP contribution in [0, 0.1) is 9.39 Å². The van der Waals surface area contributed by atoms with Gasteiger partial charge in [0.2, 0.25) is 0 Å². The fourth-order valence-corrected chi connectivity index (χ4v) is 2.49. The number of hydrogen-bond donors (Lipinski definition) is 1. The van der Waals surface area contributed by atoms with Crippen LogP contribution in [0.15, 0.2) is 42.5 Å². The van der Waals surface area contributed by atoms with Gasteiger partial charge in [0.15, 0.2) is 0 Å². The Balaban J connectivity index is 1.98. The minimum absolute atomic E-state index is 0.0546. The second kappa shape index (κ2) is 7.22. The Bertz CT molecular complexity index is 645. The number of amides is 1. The smallest absolute Gasteiger partial charge is 0.251 e. The molecule has 0 aromatic heterocycles. The monoisotopic (exact) mass is 417 g/mol. The Hall–Kier alpha value is -1.14. The summed E-state index contributed by atoms with van der Waals surface area (Å²) >= 11 is 8.13. The largest absolute Gasteiger partial charge is 0.349 e. The highest BCUT2D eigenvalue weighted by molar-refractivity contribution is 14.1. The van der Waals surface area contributed by atoms with Crippen molar-refractivity contribution in [3.05, 3.63) is 68.0 Å². The second-order valence-electron chi connectivity index (χ2n) is 4.83. The third kappa shape index (κ3) is 4.68. The molecule has 2 nitrogen and oxygen atoms in total. The van der Waals surface area contributed by atoms with Crippen molar-refractivity contribution in [1.82, 2.24) is 5.32 Å². The van der Waals surface area contributed by atoms with Crippen molar-refractivity contribution in [3.63, 3.8) is 0 Å². The van der Waals surface area contributed by atoms with Crippen LogP contribution >= 0.6 is 34.2 Å². The predicted molar refractivity (Wildman–Crippen MR) is 91.2 cm³/mol. The Morgan fingerprint density at radius 2 is 1.95 bits per heavy atom. The van der Waals surface area contributed by atoms with Crippen LogP contribution in [0.1, 0.15) is 22.8 Å². The van der Waals surface area contributed by atoms with E-state index >= 15 is 0 Å². The van der Waals surface area contributed by atoms with E-state index in [1.54, 1.807) is 24.3 Å². The maximum atomic E-state index is 12.8. The van der Waals surface area contributed by atoms with Gasteiger partial charge in [0.05, 0.1) is 5.02 Å². The fourth-order valence-electron chi connectivity index (χ4n) is 1.97. The summed E-state index contributed by atoms with van der Waals surface area (Å²) in [7, 11) is 0. The van der Waals surface area contributed by atoms with Crippen molar-refractivity contribution >= 4 is 40.1 Å². The molecule has 1 unspecified atom stereocenters. The highest BCUT2D eigenvalue weighted by atomic mass is 127. The Morgan fingerprint density at radius 1 is 1.29 bits per heavy atom. The molecule has 0 aliphatic heterocycles. The van der Waals surface area contributed by atoms with E-state index in [4.69, 9.17) is 11.6 Å². The first-order chi connectivity index (χ1) is 9.95. The molecule has 0 bridgehead atoms. The van der Waals surface area contributed by atoms with Gasteiger partial charge in [-0.2, -0.15) is 0 Å². The summed E-state index contributed by atoms with van der Waals surface area (Å²) in [6.45, 7) is 1.91. The normalized spacial score (nSPS) is 12.0. The van der Waals surface area contributed by atoms with Crippen molar-refractivity contribution in [2.75, 3.05) is 0 Å². The molecular formula is C16H14ClFINO. The number of halogens is 3. The molecule has 2 aromatic rings. The molecule has 1 atom stereocenters. The van der Waals surface area contributed by atoms with Crippen LogP contribution in [0.25, 0.3) is 0 Å². The topological polar surface area (TPSA) is 29.1 Å². The molecule has 1 amide bonds. The van der Waals surface area contributed by atoms with Crippen LogP contribution in [0.3, 0.4) is 0 Å². The molecule has 2 rings (SSSR count).